The maximum absolute atomic E-state index is 13.0. The van der Waals surface area contributed by atoms with Gasteiger partial charge >= 0.3 is 0 Å². The number of hydrogen-bond donors (Lipinski definition) is 1. The highest BCUT2D eigenvalue weighted by Gasteiger charge is 2.06. The standard InChI is InChI=1S/C12H16FN5S/c13-10-4-3-5-11(8-10)19-9-12-15-16-17-18(12)7-2-1-6-14/h3-5,8H,1-2,6-7,9,14H2. The minimum atomic E-state index is -0.229. The van der Waals surface area contributed by atoms with Gasteiger partial charge in [-0.25, -0.2) is 9.07 Å². The van der Waals surface area contributed by atoms with E-state index in [4.69, 9.17) is 5.73 Å². The van der Waals surface area contributed by atoms with Crippen molar-refractivity contribution in [3.05, 3.63) is 35.9 Å². The molecule has 0 saturated heterocycles. The first-order valence-electron chi connectivity index (χ1n) is 6.13. The number of tetrazole rings is 1. The summed E-state index contributed by atoms with van der Waals surface area (Å²) in [6, 6.07) is 6.51. The smallest absolute Gasteiger partial charge is 0.161 e. The van der Waals surface area contributed by atoms with E-state index in [1.54, 1.807) is 10.7 Å². The molecule has 0 aliphatic carbocycles. The van der Waals surface area contributed by atoms with Gasteiger partial charge in [0.05, 0.1) is 5.75 Å². The van der Waals surface area contributed by atoms with Gasteiger partial charge < -0.3 is 5.73 Å². The summed E-state index contributed by atoms with van der Waals surface area (Å²) < 4.78 is 14.8. The monoisotopic (exact) mass is 281 g/mol. The quantitative estimate of drug-likeness (QED) is 0.619. The van der Waals surface area contributed by atoms with E-state index in [-0.39, 0.29) is 5.82 Å². The molecule has 1 heterocycles. The third-order valence-electron chi connectivity index (χ3n) is 2.59. The van der Waals surface area contributed by atoms with E-state index in [1.807, 2.05) is 6.07 Å². The average Bonchev–Trinajstić information content (AvgIpc) is 2.84. The molecule has 0 amide bonds. The van der Waals surface area contributed by atoms with E-state index in [1.165, 1.54) is 23.9 Å². The summed E-state index contributed by atoms with van der Waals surface area (Å²) in [6.07, 6.45) is 1.91. The van der Waals surface area contributed by atoms with Crippen LogP contribution in [-0.2, 0) is 12.3 Å². The second kappa shape index (κ2) is 7.20. The molecule has 0 spiro atoms. The summed E-state index contributed by atoms with van der Waals surface area (Å²) in [5.74, 6) is 1.19. The number of hydrogen-bond acceptors (Lipinski definition) is 5. The summed E-state index contributed by atoms with van der Waals surface area (Å²) in [7, 11) is 0. The molecule has 0 bridgehead atoms. The maximum atomic E-state index is 13.0. The highest BCUT2D eigenvalue weighted by molar-refractivity contribution is 7.98. The van der Waals surface area contributed by atoms with Gasteiger partial charge in [0.15, 0.2) is 5.82 Å². The molecular formula is C12H16FN5S. The highest BCUT2D eigenvalue weighted by Crippen LogP contribution is 2.22. The zero-order chi connectivity index (χ0) is 13.5. The minimum Gasteiger partial charge on any atom is -0.330 e. The molecule has 0 aliphatic rings. The van der Waals surface area contributed by atoms with Crippen LogP contribution >= 0.6 is 11.8 Å². The molecule has 0 saturated carbocycles. The Morgan fingerprint density at radius 1 is 1.32 bits per heavy atom. The first-order chi connectivity index (χ1) is 9.29. The first kappa shape index (κ1) is 14.0. The zero-order valence-electron chi connectivity index (χ0n) is 10.5. The number of unbranched alkanes of at least 4 members (excludes halogenated alkanes) is 1. The zero-order valence-corrected chi connectivity index (χ0v) is 11.3. The second-order valence-corrected chi connectivity index (χ2v) is 5.11. The lowest BCUT2D eigenvalue weighted by molar-refractivity contribution is 0.532. The van der Waals surface area contributed by atoms with Gasteiger partial charge in [-0.2, -0.15) is 0 Å². The molecule has 1 aromatic carbocycles. The molecule has 2 rings (SSSR count). The van der Waals surface area contributed by atoms with Gasteiger partial charge in [-0.15, -0.1) is 16.9 Å². The Labute approximate surface area is 115 Å². The van der Waals surface area contributed by atoms with Crippen LogP contribution in [0.1, 0.15) is 18.7 Å². The lowest BCUT2D eigenvalue weighted by Crippen LogP contribution is -2.07. The van der Waals surface area contributed by atoms with E-state index < -0.39 is 0 Å². The number of rotatable bonds is 7. The Hall–Kier alpha value is -1.47. The molecule has 0 radical (unpaired) electrons. The van der Waals surface area contributed by atoms with Crippen LogP contribution in [0.4, 0.5) is 4.39 Å². The molecule has 2 N–H and O–H groups in total. The third kappa shape index (κ3) is 4.29. The molecule has 5 nitrogen and oxygen atoms in total. The fourth-order valence-electron chi connectivity index (χ4n) is 1.61. The van der Waals surface area contributed by atoms with Crippen molar-refractivity contribution in [2.75, 3.05) is 6.54 Å². The molecule has 0 aliphatic heterocycles. The Morgan fingerprint density at radius 3 is 3.00 bits per heavy atom. The molecule has 102 valence electrons. The minimum absolute atomic E-state index is 0.229. The van der Waals surface area contributed by atoms with Crippen LogP contribution in [0.25, 0.3) is 0 Å². The number of aromatic nitrogens is 4. The Bertz CT molecular complexity index is 516. The van der Waals surface area contributed by atoms with Gasteiger partial charge in [0, 0.05) is 11.4 Å². The Kier molecular flexibility index (Phi) is 5.29. The summed E-state index contributed by atoms with van der Waals surface area (Å²) >= 11 is 1.52. The molecule has 19 heavy (non-hydrogen) atoms. The fourth-order valence-corrected chi connectivity index (χ4v) is 2.48. The molecule has 0 unspecified atom stereocenters. The topological polar surface area (TPSA) is 69.6 Å². The Morgan fingerprint density at radius 2 is 2.21 bits per heavy atom. The molecular weight excluding hydrogens is 265 g/mol. The van der Waals surface area contributed by atoms with E-state index in [2.05, 4.69) is 15.5 Å². The van der Waals surface area contributed by atoms with Crippen molar-refractivity contribution in [3.63, 3.8) is 0 Å². The number of thioether (sulfide) groups is 1. The van der Waals surface area contributed by atoms with Gasteiger partial charge in [-0.3, -0.25) is 0 Å². The molecule has 0 fully saturated rings. The number of aryl methyl sites for hydroxylation is 1. The molecule has 1 aromatic heterocycles. The van der Waals surface area contributed by atoms with Crippen LogP contribution in [0, 0.1) is 5.82 Å². The van der Waals surface area contributed by atoms with E-state index in [9.17, 15) is 4.39 Å². The van der Waals surface area contributed by atoms with Crippen LogP contribution in [0.2, 0.25) is 0 Å². The van der Waals surface area contributed by atoms with Crippen molar-refractivity contribution >= 4 is 11.8 Å². The molecule has 7 heteroatoms. The number of halogens is 1. The third-order valence-corrected chi connectivity index (χ3v) is 3.58. The molecule has 2 aromatic rings. The van der Waals surface area contributed by atoms with Crippen molar-refractivity contribution in [1.29, 1.82) is 0 Å². The van der Waals surface area contributed by atoms with Crippen LogP contribution < -0.4 is 5.73 Å². The van der Waals surface area contributed by atoms with Crippen molar-refractivity contribution < 1.29 is 4.39 Å². The summed E-state index contributed by atoms with van der Waals surface area (Å²) in [5.41, 5.74) is 5.45. The van der Waals surface area contributed by atoms with Crippen molar-refractivity contribution in [2.24, 2.45) is 5.73 Å². The fraction of sp³-hybridized carbons (Fsp3) is 0.417. The number of nitrogens with zero attached hydrogens (tertiary/aromatic N) is 4. The summed E-state index contributed by atoms with van der Waals surface area (Å²) in [4.78, 5) is 0.872. The van der Waals surface area contributed by atoms with Gasteiger partial charge in [0.1, 0.15) is 5.82 Å². The lowest BCUT2D eigenvalue weighted by Gasteiger charge is -2.04. The van der Waals surface area contributed by atoms with Crippen LogP contribution in [0.3, 0.4) is 0 Å². The predicted octanol–water partition coefficient (Wildman–Crippen LogP) is 1.84. The van der Waals surface area contributed by atoms with E-state index in [0.29, 0.717) is 12.3 Å². The Balaban J connectivity index is 1.90. The van der Waals surface area contributed by atoms with Gasteiger partial charge in [-0.1, -0.05) is 6.07 Å². The van der Waals surface area contributed by atoms with Gasteiger partial charge in [0.2, 0.25) is 0 Å². The highest BCUT2D eigenvalue weighted by atomic mass is 32.2. The van der Waals surface area contributed by atoms with E-state index >= 15 is 0 Å². The number of benzene rings is 1. The predicted molar refractivity (Wildman–Crippen MR) is 72.1 cm³/mol. The first-order valence-corrected chi connectivity index (χ1v) is 7.11. The summed E-state index contributed by atoms with van der Waals surface area (Å²) in [6.45, 7) is 1.44. The summed E-state index contributed by atoms with van der Waals surface area (Å²) in [5, 5.41) is 11.6. The number of nitrogens with two attached hydrogens (primary N) is 1. The van der Waals surface area contributed by atoms with Crippen molar-refractivity contribution in [2.45, 2.75) is 30.0 Å². The van der Waals surface area contributed by atoms with E-state index in [0.717, 1.165) is 30.1 Å². The second-order valence-electron chi connectivity index (χ2n) is 4.06. The largest absolute Gasteiger partial charge is 0.330 e. The van der Waals surface area contributed by atoms with Crippen LogP contribution in [-0.4, -0.2) is 26.8 Å². The van der Waals surface area contributed by atoms with Crippen molar-refractivity contribution in [3.8, 4) is 0 Å². The lowest BCUT2D eigenvalue weighted by atomic mass is 10.3. The van der Waals surface area contributed by atoms with Crippen LogP contribution in [0.15, 0.2) is 29.2 Å². The van der Waals surface area contributed by atoms with Gasteiger partial charge in [-0.05, 0) is 48.0 Å². The SMILES string of the molecule is NCCCCn1nnnc1CSc1cccc(F)c1. The van der Waals surface area contributed by atoms with Crippen LogP contribution in [0.5, 0.6) is 0 Å². The molecule has 0 atom stereocenters. The normalized spacial score (nSPS) is 10.8. The average molecular weight is 281 g/mol. The van der Waals surface area contributed by atoms with Gasteiger partial charge in [0.25, 0.3) is 0 Å². The maximum Gasteiger partial charge on any atom is 0.161 e. The van der Waals surface area contributed by atoms with Crippen molar-refractivity contribution in [1.82, 2.24) is 20.2 Å².